The molecule has 6 heteroatoms. The van der Waals surface area contributed by atoms with E-state index < -0.39 is 5.69 Å². The smallest absolute Gasteiger partial charge is 0.346 e. The molecule has 1 aliphatic rings. The molecule has 2 N–H and O–H groups in total. The summed E-state index contributed by atoms with van der Waals surface area (Å²) in [5.41, 5.74) is -0.480. The van der Waals surface area contributed by atoms with Crippen LogP contribution in [0.2, 0.25) is 0 Å². The van der Waals surface area contributed by atoms with Gasteiger partial charge in [0.05, 0.1) is 0 Å². The van der Waals surface area contributed by atoms with Crippen molar-refractivity contribution in [2.75, 3.05) is 18.5 Å². The minimum absolute atomic E-state index is 0.343. The number of hydrogen-bond acceptors (Lipinski definition) is 4. The van der Waals surface area contributed by atoms with Crippen LogP contribution in [-0.4, -0.2) is 29.6 Å². The monoisotopic (exact) mass is 271 g/mol. The lowest BCUT2D eigenvalue weighted by Gasteiger charge is -1.93. The first kappa shape index (κ1) is 19.6. The molecular formula is C13H25N3O3. The molecule has 0 radical (unpaired) electrons. The number of hydrogen-bond donors (Lipinski definition) is 2. The van der Waals surface area contributed by atoms with Crippen LogP contribution in [0.15, 0.2) is 17.1 Å². The molecule has 1 aromatic heterocycles. The minimum Gasteiger partial charge on any atom is -0.381 e. The van der Waals surface area contributed by atoms with Crippen molar-refractivity contribution >= 4 is 12.2 Å². The Balaban J connectivity index is 0. The average molecular weight is 271 g/mol. The molecule has 0 bridgehead atoms. The zero-order valence-corrected chi connectivity index (χ0v) is 12.2. The summed E-state index contributed by atoms with van der Waals surface area (Å²) in [6.07, 6.45) is 4.34. The Morgan fingerprint density at radius 1 is 1.26 bits per heavy atom. The zero-order chi connectivity index (χ0) is 14.9. The number of aromatic nitrogens is 2. The third-order valence-electron chi connectivity index (χ3n) is 1.72. The molecule has 1 amide bonds. The molecule has 0 aliphatic carbocycles. The van der Waals surface area contributed by atoms with Gasteiger partial charge in [0.2, 0.25) is 6.41 Å². The summed E-state index contributed by atoms with van der Waals surface area (Å²) < 4.78 is 4.94. The molecule has 1 aromatic rings. The summed E-state index contributed by atoms with van der Waals surface area (Å²) in [6, 6.07) is 1.48. The van der Waals surface area contributed by atoms with Gasteiger partial charge < -0.3 is 10.1 Å². The van der Waals surface area contributed by atoms with E-state index >= 15 is 0 Å². The van der Waals surface area contributed by atoms with E-state index in [1.807, 2.05) is 27.7 Å². The number of rotatable bonds is 2. The Hall–Kier alpha value is -1.69. The van der Waals surface area contributed by atoms with Crippen LogP contribution in [0.25, 0.3) is 0 Å². The van der Waals surface area contributed by atoms with Gasteiger partial charge in [-0.3, -0.25) is 9.78 Å². The molecule has 0 unspecified atom stereocenters. The van der Waals surface area contributed by atoms with Gasteiger partial charge in [-0.1, -0.05) is 27.7 Å². The lowest BCUT2D eigenvalue weighted by Crippen LogP contribution is -2.11. The predicted molar refractivity (Wildman–Crippen MR) is 77.3 cm³/mol. The summed E-state index contributed by atoms with van der Waals surface area (Å²) in [5.74, 6) is 0.343. The largest absolute Gasteiger partial charge is 0.381 e. The van der Waals surface area contributed by atoms with Gasteiger partial charge in [0.25, 0.3) is 0 Å². The van der Waals surface area contributed by atoms with Gasteiger partial charge in [0.15, 0.2) is 0 Å². The fourth-order valence-corrected chi connectivity index (χ4v) is 1.03. The highest BCUT2D eigenvalue weighted by Gasteiger charge is 1.94. The number of nitrogens with zero attached hydrogens (tertiary/aromatic N) is 1. The maximum atomic E-state index is 10.4. The number of carbonyl (C=O) groups is 1. The number of nitrogens with one attached hydrogen (secondary N) is 2. The highest BCUT2D eigenvalue weighted by Crippen LogP contribution is 1.98. The fourth-order valence-electron chi connectivity index (χ4n) is 1.03. The lowest BCUT2D eigenvalue weighted by atomic mass is 10.4. The van der Waals surface area contributed by atoms with E-state index in [2.05, 4.69) is 15.3 Å². The minimum atomic E-state index is -0.480. The van der Waals surface area contributed by atoms with Crippen LogP contribution in [0.4, 0.5) is 5.82 Å². The van der Waals surface area contributed by atoms with E-state index in [-0.39, 0.29) is 0 Å². The quantitative estimate of drug-likeness (QED) is 0.807. The number of H-pyrrole nitrogens is 1. The van der Waals surface area contributed by atoms with E-state index in [1.165, 1.54) is 25.1 Å². The van der Waals surface area contributed by atoms with Crippen molar-refractivity contribution in [3.8, 4) is 0 Å². The Labute approximate surface area is 114 Å². The van der Waals surface area contributed by atoms with Gasteiger partial charge in [-0.05, 0) is 18.9 Å². The van der Waals surface area contributed by atoms with Crippen LogP contribution in [-0.2, 0) is 9.53 Å². The molecule has 2 rings (SSSR count). The highest BCUT2D eigenvalue weighted by atomic mass is 16.5. The zero-order valence-electron chi connectivity index (χ0n) is 12.2. The molecule has 0 atom stereocenters. The number of aromatic amines is 1. The molecule has 6 nitrogen and oxygen atoms in total. The Morgan fingerprint density at radius 3 is 2.21 bits per heavy atom. The number of amides is 1. The lowest BCUT2D eigenvalue weighted by molar-refractivity contribution is -0.105. The molecular weight excluding hydrogens is 246 g/mol. The molecule has 2 heterocycles. The Bertz CT molecular complexity index is 341. The third-order valence-corrected chi connectivity index (χ3v) is 1.72. The van der Waals surface area contributed by atoms with E-state index in [1.54, 1.807) is 0 Å². The molecule has 0 aromatic carbocycles. The first-order chi connectivity index (χ1) is 9.33. The van der Waals surface area contributed by atoms with Gasteiger partial charge >= 0.3 is 5.69 Å². The van der Waals surface area contributed by atoms with Gasteiger partial charge in [-0.25, -0.2) is 9.78 Å². The van der Waals surface area contributed by atoms with Crippen molar-refractivity contribution < 1.29 is 9.53 Å². The number of carbonyl (C=O) groups excluding carboxylic acids is 1. The summed E-state index contributed by atoms with van der Waals surface area (Å²) in [6.45, 7) is 10.0. The van der Waals surface area contributed by atoms with Crippen molar-refractivity contribution in [1.82, 2.24) is 9.97 Å². The standard InChI is InChI=1S/C5H5N3O2.C4H8O.2C2H6/c9-3-7-4-1-2-6-5(10)8-4;1-2-4-5-3-1;2*1-2/h1-3H,(H2,6,7,8,9,10);1-4H2;2*1-2H3. The molecule has 0 saturated carbocycles. The van der Waals surface area contributed by atoms with Crippen molar-refractivity contribution in [3.05, 3.63) is 22.7 Å². The highest BCUT2D eigenvalue weighted by molar-refractivity contribution is 5.68. The Kier molecular flexibility index (Phi) is 16.9. The molecule has 0 spiro atoms. The van der Waals surface area contributed by atoms with Crippen molar-refractivity contribution in [2.24, 2.45) is 0 Å². The van der Waals surface area contributed by atoms with Gasteiger partial charge in [0.1, 0.15) is 5.82 Å². The summed E-state index contributed by atoms with van der Waals surface area (Å²) >= 11 is 0. The second-order valence-corrected chi connectivity index (χ2v) is 2.87. The van der Waals surface area contributed by atoms with E-state index in [0.717, 1.165) is 13.2 Å². The number of ether oxygens (including phenoxy) is 1. The maximum absolute atomic E-state index is 10.4. The average Bonchev–Trinajstić information content (AvgIpc) is 3.03. The molecule has 19 heavy (non-hydrogen) atoms. The van der Waals surface area contributed by atoms with Crippen LogP contribution in [0, 0.1) is 0 Å². The van der Waals surface area contributed by atoms with Crippen LogP contribution < -0.4 is 11.0 Å². The van der Waals surface area contributed by atoms with Crippen LogP contribution in [0.5, 0.6) is 0 Å². The van der Waals surface area contributed by atoms with Crippen molar-refractivity contribution in [1.29, 1.82) is 0 Å². The molecule has 110 valence electrons. The normalized spacial score (nSPS) is 11.6. The fraction of sp³-hybridized carbons (Fsp3) is 0.615. The SMILES string of the molecule is C1CCOC1.CC.CC.O=CNc1ccnc(=O)[nH]1. The topological polar surface area (TPSA) is 84.1 Å². The van der Waals surface area contributed by atoms with E-state index in [4.69, 9.17) is 4.74 Å². The second kappa shape index (κ2) is 16.3. The van der Waals surface area contributed by atoms with E-state index in [0.29, 0.717) is 12.2 Å². The third kappa shape index (κ3) is 12.6. The van der Waals surface area contributed by atoms with Gasteiger partial charge in [-0.15, -0.1) is 0 Å². The maximum Gasteiger partial charge on any atom is 0.346 e. The molecule has 1 fully saturated rings. The van der Waals surface area contributed by atoms with Crippen molar-refractivity contribution in [2.45, 2.75) is 40.5 Å². The first-order valence-electron chi connectivity index (χ1n) is 6.66. The van der Waals surface area contributed by atoms with Crippen LogP contribution in [0.1, 0.15) is 40.5 Å². The first-order valence-corrected chi connectivity index (χ1v) is 6.66. The molecule has 1 saturated heterocycles. The molecule has 1 aliphatic heterocycles. The number of anilines is 1. The van der Waals surface area contributed by atoms with Crippen LogP contribution >= 0.6 is 0 Å². The summed E-state index contributed by atoms with van der Waals surface area (Å²) in [7, 11) is 0. The Morgan fingerprint density at radius 2 is 1.84 bits per heavy atom. The van der Waals surface area contributed by atoms with Gasteiger partial charge in [-0.2, -0.15) is 0 Å². The van der Waals surface area contributed by atoms with Crippen LogP contribution in [0.3, 0.4) is 0 Å². The second-order valence-electron chi connectivity index (χ2n) is 2.87. The van der Waals surface area contributed by atoms with E-state index in [9.17, 15) is 9.59 Å². The van der Waals surface area contributed by atoms with Crippen molar-refractivity contribution in [3.63, 3.8) is 0 Å². The summed E-state index contributed by atoms with van der Waals surface area (Å²) in [4.78, 5) is 25.9. The van der Waals surface area contributed by atoms with Gasteiger partial charge in [0, 0.05) is 19.4 Å². The summed E-state index contributed by atoms with van der Waals surface area (Å²) in [5, 5.41) is 2.27. The predicted octanol–water partition coefficient (Wildman–Crippen LogP) is 2.19.